The summed E-state index contributed by atoms with van der Waals surface area (Å²) in [5.74, 6) is -0.385. The van der Waals surface area contributed by atoms with Crippen LogP contribution < -0.4 is 5.32 Å². The summed E-state index contributed by atoms with van der Waals surface area (Å²) in [5, 5.41) is 2.94. The normalized spacial score (nSPS) is 10.9. The highest BCUT2D eigenvalue weighted by atomic mass is 79.9. The molecule has 0 spiro atoms. The monoisotopic (exact) mass is 378 g/mol. The molecule has 1 amide bonds. The van der Waals surface area contributed by atoms with Crippen LogP contribution in [-0.2, 0) is 11.3 Å². The number of nitrogens with zero attached hydrogens (tertiary/aromatic N) is 1. The maximum atomic E-state index is 13.8. The number of hydrogen-bond acceptors (Lipinski definition) is 2. The van der Waals surface area contributed by atoms with E-state index in [1.807, 2.05) is 32.0 Å². The minimum atomic E-state index is -0.276. The predicted octanol–water partition coefficient (Wildman–Crippen LogP) is 4.28. The average molecular weight is 379 g/mol. The molecule has 0 aliphatic heterocycles. The number of carbonyl (C=O) groups excluding carboxylic acids is 1. The molecule has 2 rings (SSSR count). The molecule has 0 aliphatic carbocycles. The molecule has 3 nitrogen and oxygen atoms in total. The summed E-state index contributed by atoms with van der Waals surface area (Å²) >= 11 is 3.24. The largest absolute Gasteiger partial charge is 0.324 e. The molecule has 0 fully saturated rings. The first-order valence-electron chi connectivity index (χ1n) is 7.35. The number of anilines is 1. The molecule has 0 aliphatic rings. The fraction of sp³-hybridized carbons (Fsp3) is 0.278. The molecule has 0 saturated carbocycles. The van der Waals surface area contributed by atoms with Crippen LogP contribution in [0.5, 0.6) is 0 Å². The van der Waals surface area contributed by atoms with Crippen molar-refractivity contribution in [3.05, 3.63) is 63.4 Å². The van der Waals surface area contributed by atoms with E-state index in [0.29, 0.717) is 16.6 Å². The van der Waals surface area contributed by atoms with E-state index in [4.69, 9.17) is 0 Å². The van der Waals surface area contributed by atoms with Gasteiger partial charge in [-0.1, -0.05) is 40.2 Å². The standard InChI is InChI=1S/C18H20BrFN2O/c1-12-5-4-6-13(2)18(12)21-17(23)11-22(3)10-14-7-8-15(19)9-16(14)20/h4-9H,10-11H2,1-3H3,(H,21,23). The smallest absolute Gasteiger partial charge is 0.238 e. The van der Waals surface area contributed by atoms with Crippen molar-refractivity contribution in [2.24, 2.45) is 0 Å². The van der Waals surface area contributed by atoms with Gasteiger partial charge < -0.3 is 5.32 Å². The Kier molecular flexibility index (Phi) is 5.91. The Bertz CT molecular complexity index is 698. The molecule has 2 aromatic rings. The maximum absolute atomic E-state index is 13.8. The number of amides is 1. The van der Waals surface area contributed by atoms with Crippen molar-refractivity contribution >= 4 is 27.5 Å². The lowest BCUT2D eigenvalue weighted by molar-refractivity contribution is -0.117. The number of nitrogens with one attached hydrogen (secondary N) is 1. The quantitative estimate of drug-likeness (QED) is 0.841. The Labute approximate surface area is 144 Å². The summed E-state index contributed by atoms with van der Waals surface area (Å²) in [5.41, 5.74) is 3.47. The zero-order chi connectivity index (χ0) is 17.0. The Morgan fingerprint density at radius 2 is 1.87 bits per heavy atom. The van der Waals surface area contributed by atoms with Gasteiger partial charge in [-0.25, -0.2) is 4.39 Å². The topological polar surface area (TPSA) is 32.3 Å². The highest BCUT2D eigenvalue weighted by Gasteiger charge is 2.12. The molecule has 122 valence electrons. The molecule has 1 N–H and O–H groups in total. The number of aryl methyl sites for hydroxylation is 2. The molecule has 23 heavy (non-hydrogen) atoms. The van der Waals surface area contributed by atoms with E-state index >= 15 is 0 Å². The highest BCUT2D eigenvalue weighted by Crippen LogP contribution is 2.19. The number of halogens is 2. The zero-order valence-electron chi connectivity index (χ0n) is 13.5. The molecule has 0 heterocycles. The van der Waals surface area contributed by atoms with Crippen LogP contribution >= 0.6 is 15.9 Å². The molecule has 5 heteroatoms. The SMILES string of the molecule is Cc1cccc(C)c1NC(=O)CN(C)Cc1ccc(Br)cc1F. The maximum Gasteiger partial charge on any atom is 0.238 e. The number of benzene rings is 2. The van der Waals surface area contributed by atoms with Crippen molar-refractivity contribution in [1.82, 2.24) is 4.90 Å². The van der Waals surface area contributed by atoms with E-state index in [1.54, 1.807) is 24.1 Å². The van der Waals surface area contributed by atoms with Gasteiger partial charge in [0.2, 0.25) is 5.91 Å². The summed E-state index contributed by atoms with van der Waals surface area (Å²) in [6, 6.07) is 10.8. The van der Waals surface area contributed by atoms with Crippen LogP contribution in [0.15, 0.2) is 40.9 Å². The molecule has 0 atom stereocenters. The number of rotatable bonds is 5. The third-order valence-corrected chi connectivity index (χ3v) is 4.11. The average Bonchev–Trinajstić information content (AvgIpc) is 2.46. The van der Waals surface area contributed by atoms with Crippen LogP contribution in [0.25, 0.3) is 0 Å². The lowest BCUT2D eigenvalue weighted by Gasteiger charge is -2.18. The fourth-order valence-corrected chi connectivity index (χ4v) is 2.77. The van der Waals surface area contributed by atoms with Crippen LogP contribution in [0.2, 0.25) is 0 Å². The first-order valence-corrected chi connectivity index (χ1v) is 8.14. The molecule has 0 unspecified atom stereocenters. The van der Waals surface area contributed by atoms with Gasteiger partial charge >= 0.3 is 0 Å². The summed E-state index contributed by atoms with van der Waals surface area (Å²) in [4.78, 5) is 14.0. The van der Waals surface area contributed by atoms with E-state index in [-0.39, 0.29) is 18.3 Å². The minimum Gasteiger partial charge on any atom is -0.324 e. The molecule has 2 aromatic carbocycles. The van der Waals surface area contributed by atoms with Gasteiger partial charge in [-0.15, -0.1) is 0 Å². The highest BCUT2D eigenvalue weighted by molar-refractivity contribution is 9.10. The third-order valence-electron chi connectivity index (χ3n) is 3.61. The molecular weight excluding hydrogens is 359 g/mol. The Morgan fingerprint density at radius 1 is 1.22 bits per heavy atom. The van der Waals surface area contributed by atoms with Crippen LogP contribution in [0.4, 0.5) is 10.1 Å². The number of carbonyl (C=O) groups is 1. The van der Waals surface area contributed by atoms with Gasteiger partial charge in [0, 0.05) is 22.3 Å². The summed E-state index contributed by atoms with van der Waals surface area (Å²) in [7, 11) is 1.80. The second-order valence-corrected chi connectivity index (χ2v) is 6.64. The van der Waals surface area contributed by atoms with Gasteiger partial charge in [0.05, 0.1) is 6.54 Å². The minimum absolute atomic E-state index is 0.109. The first-order chi connectivity index (χ1) is 10.9. The van der Waals surface area contributed by atoms with Crippen LogP contribution in [0.1, 0.15) is 16.7 Å². The number of likely N-dealkylation sites (N-methyl/N-ethyl adjacent to an activating group) is 1. The van der Waals surface area contributed by atoms with Gasteiger partial charge in [0.25, 0.3) is 0 Å². The van der Waals surface area contributed by atoms with Crippen molar-refractivity contribution in [2.45, 2.75) is 20.4 Å². The number of para-hydroxylation sites is 1. The summed E-state index contributed by atoms with van der Waals surface area (Å²) in [6.45, 7) is 4.50. The van der Waals surface area contributed by atoms with Crippen molar-refractivity contribution < 1.29 is 9.18 Å². The van der Waals surface area contributed by atoms with E-state index in [2.05, 4.69) is 21.2 Å². The van der Waals surface area contributed by atoms with Gasteiger partial charge in [0.1, 0.15) is 5.82 Å². The summed E-state index contributed by atoms with van der Waals surface area (Å²) < 4.78 is 14.5. The van der Waals surface area contributed by atoms with Crippen LogP contribution in [0, 0.1) is 19.7 Å². The van der Waals surface area contributed by atoms with Crippen molar-refractivity contribution in [3.63, 3.8) is 0 Å². The Hall–Kier alpha value is -1.72. The Morgan fingerprint density at radius 3 is 2.48 bits per heavy atom. The van der Waals surface area contributed by atoms with Crippen LogP contribution in [-0.4, -0.2) is 24.4 Å². The van der Waals surface area contributed by atoms with E-state index < -0.39 is 0 Å². The first kappa shape index (κ1) is 17.6. The summed E-state index contributed by atoms with van der Waals surface area (Å²) in [6.07, 6.45) is 0. The molecular formula is C18H20BrFN2O. The van der Waals surface area contributed by atoms with Crippen molar-refractivity contribution in [3.8, 4) is 0 Å². The molecule has 0 saturated heterocycles. The van der Waals surface area contributed by atoms with E-state index in [9.17, 15) is 9.18 Å². The van der Waals surface area contributed by atoms with Gasteiger partial charge in [0.15, 0.2) is 0 Å². The van der Waals surface area contributed by atoms with Gasteiger partial charge in [-0.3, -0.25) is 9.69 Å². The Balaban J connectivity index is 1.97. The third kappa shape index (κ3) is 4.88. The van der Waals surface area contributed by atoms with E-state index in [0.717, 1.165) is 16.8 Å². The second-order valence-electron chi connectivity index (χ2n) is 5.72. The lowest BCUT2D eigenvalue weighted by Crippen LogP contribution is -2.30. The van der Waals surface area contributed by atoms with Crippen LogP contribution in [0.3, 0.4) is 0 Å². The second kappa shape index (κ2) is 7.70. The molecule has 0 aromatic heterocycles. The number of hydrogen-bond donors (Lipinski definition) is 1. The van der Waals surface area contributed by atoms with Crippen molar-refractivity contribution in [2.75, 3.05) is 18.9 Å². The van der Waals surface area contributed by atoms with Gasteiger partial charge in [-0.05, 0) is 44.2 Å². The van der Waals surface area contributed by atoms with Gasteiger partial charge in [-0.2, -0.15) is 0 Å². The zero-order valence-corrected chi connectivity index (χ0v) is 15.1. The van der Waals surface area contributed by atoms with E-state index in [1.165, 1.54) is 6.07 Å². The predicted molar refractivity (Wildman–Crippen MR) is 95.0 cm³/mol. The molecule has 0 bridgehead atoms. The molecule has 0 radical (unpaired) electrons. The fourth-order valence-electron chi connectivity index (χ4n) is 2.43. The lowest BCUT2D eigenvalue weighted by atomic mass is 10.1. The van der Waals surface area contributed by atoms with Crippen molar-refractivity contribution in [1.29, 1.82) is 0 Å².